The van der Waals surface area contributed by atoms with E-state index in [4.69, 9.17) is 10.00 Å². The van der Waals surface area contributed by atoms with Crippen LogP contribution >= 0.6 is 0 Å². The summed E-state index contributed by atoms with van der Waals surface area (Å²) in [4.78, 5) is 4.59. The number of hydrogen-bond donors (Lipinski definition) is 0. The number of nitrogens with zero attached hydrogens (tertiary/aromatic N) is 3. The van der Waals surface area contributed by atoms with Crippen molar-refractivity contribution in [3.05, 3.63) is 119 Å². The number of aryl methyl sites for hydroxylation is 1. The number of rotatable bonds is 8. The van der Waals surface area contributed by atoms with Crippen LogP contribution in [0.25, 0.3) is 22.2 Å². The standard InChI is InChI=1S/C30H22F3N3O/c31-12-13-36-29-7-2-1-6-28(29)35-30(36)17-23-11-10-22(16-27(23)33)21-4-3-5-25(15-21)37-19-24-9-8-20(18-34)14-26(24)32/h1-11,14-16H,12-13,17,19H2. The van der Waals surface area contributed by atoms with Crippen molar-refractivity contribution in [3.63, 3.8) is 0 Å². The highest BCUT2D eigenvalue weighted by molar-refractivity contribution is 5.76. The van der Waals surface area contributed by atoms with E-state index in [0.717, 1.165) is 16.6 Å². The quantitative estimate of drug-likeness (QED) is 0.232. The molecule has 0 saturated heterocycles. The minimum absolute atomic E-state index is 0.00578. The fourth-order valence-corrected chi connectivity index (χ4v) is 4.30. The number of aromatic nitrogens is 2. The van der Waals surface area contributed by atoms with Gasteiger partial charge in [-0.1, -0.05) is 42.5 Å². The Morgan fingerprint density at radius 2 is 1.62 bits per heavy atom. The molecule has 5 rings (SSSR count). The van der Waals surface area contributed by atoms with Crippen LogP contribution in [-0.2, 0) is 19.6 Å². The molecule has 4 nitrogen and oxygen atoms in total. The average molecular weight is 498 g/mol. The minimum Gasteiger partial charge on any atom is -0.489 e. The van der Waals surface area contributed by atoms with E-state index < -0.39 is 12.5 Å². The lowest BCUT2D eigenvalue weighted by molar-refractivity contribution is 0.300. The number of alkyl halides is 1. The van der Waals surface area contributed by atoms with Crippen LogP contribution in [0.15, 0.2) is 84.9 Å². The Bertz CT molecular complexity index is 1620. The van der Waals surface area contributed by atoms with Crippen molar-refractivity contribution < 1.29 is 17.9 Å². The molecule has 184 valence electrons. The summed E-state index contributed by atoms with van der Waals surface area (Å²) in [7, 11) is 0. The number of hydrogen-bond acceptors (Lipinski definition) is 3. The second-order valence-electron chi connectivity index (χ2n) is 8.57. The first-order chi connectivity index (χ1) is 18.1. The summed E-state index contributed by atoms with van der Waals surface area (Å²) in [5, 5.41) is 8.88. The molecule has 1 heterocycles. The molecule has 0 fully saturated rings. The summed E-state index contributed by atoms with van der Waals surface area (Å²) in [6.45, 7) is -0.381. The van der Waals surface area contributed by atoms with Crippen molar-refractivity contribution in [3.8, 4) is 22.9 Å². The normalized spacial score (nSPS) is 11.0. The Labute approximate surface area is 212 Å². The highest BCUT2D eigenvalue weighted by Gasteiger charge is 2.14. The molecule has 5 aromatic rings. The number of benzene rings is 4. The number of fused-ring (bicyclic) bond motifs is 1. The van der Waals surface area contributed by atoms with Crippen LogP contribution in [0.4, 0.5) is 13.2 Å². The number of nitriles is 1. The topological polar surface area (TPSA) is 50.8 Å². The highest BCUT2D eigenvalue weighted by Crippen LogP contribution is 2.28. The molecule has 4 aromatic carbocycles. The van der Waals surface area contributed by atoms with Crippen molar-refractivity contribution in [2.45, 2.75) is 19.6 Å². The first kappa shape index (κ1) is 24.1. The number of ether oxygens (including phenoxy) is 1. The molecule has 0 aliphatic rings. The smallest absolute Gasteiger partial charge is 0.131 e. The number of para-hydroxylation sites is 2. The van der Waals surface area contributed by atoms with E-state index >= 15 is 4.39 Å². The second-order valence-corrected chi connectivity index (χ2v) is 8.57. The van der Waals surface area contributed by atoms with Gasteiger partial charge in [-0.3, -0.25) is 0 Å². The summed E-state index contributed by atoms with van der Waals surface area (Å²) in [5.74, 6) is 0.219. The van der Waals surface area contributed by atoms with Gasteiger partial charge in [-0.05, 0) is 59.2 Å². The summed E-state index contributed by atoms with van der Waals surface area (Å²) in [5.41, 5.74) is 4.02. The molecule has 0 bridgehead atoms. The van der Waals surface area contributed by atoms with Crippen LogP contribution in [0.3, 0.4) is 0 Å². The predicted molar refractivity (Wildman–Crippen MR) is 136 cm³/mol. The SMILES string of the molecule is N#Cc1ccc(COc2cccc(-c3ccc(Cc4nc5ccccc5n4CCF)c(F)c3)c2)c(F)c1. The molecule has 0 aliphatic heterocycles. The molecule has 0 unspecified atom stereocenters. The molecule has 7 heteroatoms. The van der Waals surface area contributed by atoms with Crippen molar-refractivity contribution in [2.75, 3.05) is 6.67 Å². The molecule has 0 atom stereocenters. The van der Waals surface area contributed by atoms with E-state index in [1.54, 1.807) is 28.8 Å². The lowest BCUT2D eigenvalue weighted by Gasteiger charge is -2.11. The maximum absolute atomic E-state index is 15.2. The lowest BCUT2D eigenvalue weighted by atomic mass is 10.0. The number of imidazole rings is 1. The first-order valence-corrected chi connectivity index (χ1v) is 11.8. The number of halogens is 3. The Morgan fingerprint density at radius 3 is 2.41 bits per heavy atom. The van der Waals surface area contributed by atoms with Crippen molar-refractivity contribution >= 4 is 11.0 Å². The predicted octanol–water partition coefficient (Wildman–Crippen LogP) is 6.99. The van der Waals surface area contributed by atoms with Gasteiger partial charge in [0.25, 0.3) is 0 Å². The van der Waals surface area contributed by atoms with Gasteiger partial charge in [0, 0.05) is 12.0 Å². The van der Waals surface area contributed by atoms with Gasteiger partial charge in [0.15, 0.2) is 0 Å². The zero-order chi connectivity index (χ0) is 25.8. The summed E-state index contributed by atoms with van der Waals surface area (Å²) in [6, 6.07) is 25.7. The third kappa shape index (κ3) is 5.19. The highest BCUT2D eigenvalue weighted by atomic mass is 19.1. The molecule has 1 aromatic heterocycles. The summed E-state index contributed by atoms with van der Waals surface area (Å²) >= 11 is 0. The van der Waals surface area contributed by atoms with Crippen LogP contribution in [0.1, 0.15) is 22.5 Å². The Morgan fingerprint density at radius 1 is 0.838 bits per heavy atom. The van der Waals surface area contributed by atoms with Gasteiger partial charge in [0.05, 0.1) is 29.2 Å². The molecular weight excluding hydrogens is 475 g/mol. The van der Waals surface area contributed by atoms with Crippen molar-refractivity contribution in [2.24, 2.45) is 0 Å². The van der Waals surface area contributed by atoms with Gasteiger partial charge < -0.3 is 9.30 Å². The fraction of sp³-hybridized carbons (Fsp3) is 0.133. The minimum atomic E-state index is -0.537. The molecule has 0 saturated carbocycles. The lowest BCUT2D eigenvalue weighted by Crippen LogP contribution is -2.07. The molecule has 37 heavy (non-hydrogen) atoms. The van der Waals surface area contributed by atoms with Crippen LogP contribution in [0.5, 0.6) is 5.75 Å². The van der Waals surface area contributed by atoms with Gasteiger partial charge in [0.1, 0.15) is 36.5 Å². The molecule has 0 radical (unpaired) electrons. The maximum atomic E-state index is 15.2. The van der Waals surface area contributed by atoms with E-state index in [-0.39, 0.29) is 31.0 Å². The Kier molecular flexibility index (Phi) is 6.91. The third-order valence-corrected chi connectivity index (χ3v) is 6.19. The largest absolute Gasteiger partial charge is 0.489 e. The van der Waals surface area contributed by atoms with Crippen LogP contribution < -0.4 is 4.74 Å². The Balaban J connectivity index is 1.34. The van der Waals surface area contributed by atoms with Crippen molar-refractivity contribution in [1.29, 1.82) is 5.26 Å². The Hall–Kier alpha value is -4.57. The average Bonchev–Trinajstić information content (AvgIpc) is 3.26. The van der Waals surface area contributed by atoms with Crippen LogP contribution in [0, 0.1) is 23.0 Å². The van der Waals surface area contributed by atoms with E-state index in [9.17, 15) is 8.78 Å². The first-order valence-electron chi connectivity index (χ1n) is 11.8. The van der Waals surface area contributed by atoms with E-state index in [1.165, 1.54) is 24.3 Å². The van der Waals surface area contributed by atoms with Gasteiger partial charge in [-0.15, -0.1) is 0 Å². The molecule has 0 N–H and O–H groups in total. The second kappa shape index (κ2) is 10.6. The molecular formula is C30H22F3N3O. The third-order valence-electron chi connectivity index (χ3n) is 6.19. The molecule has 0 spiro atoms. The van der Waals surface area contributed by atoms with Gasteiger partial charge in [-0.25, -0.2) is 18.2 Å². The summed E-state index contributed by atoms with van der Waals surface area (Å²) < 4.78 is 50.1. The molecule has 0 aliphatic carbocycles. The maximum Gasteiger partial charge on any atom is 0.131 e. The summed E-state index contributed by atoms with van der Waals surface area (Å²) in [6.07, 6.45) is 0.236. The molecule has 0 amide bonds. The zero-order valence-corrected chi connectivity index (χ0v) is 19.8. The van der Waals surface area contributed by atoms with Crippen LogP contribution in [0.2, 0.25) is 0 Å². The van der Waals surface area contributed by atoms with Gasteiger partial charge >= 0.3 is 0 Å². The monoisotopic (exact) mass is 497 g/mol. The van der Waals surface area contributed by atoms with Crippen molar-refractivity contribution in [1.82, 2.24) is 9.55 Å². The van der Waals surface area contributed by atoms with Gasteiger partial charge in [0.2, 0.25) is 0 Å². The van der Waals surface area contributed by atoms with E-state index in [0.29, 0.717) is 28.3 Å². The fourth-order valence-electron chi connectivity index (χ4n) is 4.30. The zero-order valence-electron chi connectivity index (χ0n) is 19.8. The van der Waals surface area contributed by atoms with E-state index in [1.807, 2.05) is 42.5 Å². The van der Waals surface area contributed by atoms with E-state index in [2.05, 4.69) is 4.98 Å². The van der Waals surface area contributed by atoms with Gasteiger partial charge in [-0.2, -0.15) is 5.26 Å². The van der Waals surface area contributed by atoms with Crippen LogP contribution in [-0.4, -0.2) is 16.2 Å².